The predicted octanol–water partition coefficient (Wildman–Crippen LogP) is 4.33. The predicted molar refractivity (Wildman–Crippen MR) is 138 cm³/mol. The summed E-state index contributed by atoms with van der Waals surface area (Å²) in [6.07, 6.45) is 1.44. The molecule has 9 nitrogen and oxygen atoms in total. The molecule has 190 valence electrons. The maximum Gasteiger partial charge on any atom is 0.269 e. The summed E-state index contributed by atoms with van der Waals surface area (Å²) in [5, 5.41) is 13.8. The van der Waals surface area contributed by atoms with Gasteiger partial charge in [0.15, 0.2) is 0 Å². The Labute approximate surface area is 210 Å². The topological polar surface area (TPSA) is 119 Å². The number of carbonyl (C=O) groups is 1. The summed E-state index contributed by atoms with van der Waals surface area (Å²) in [4.78, 5) is 23.2. The van der Waals surface area contributed by atoms with Crippen LogP contribution in [-0.4, -0.2) is 38.4 Å². The summed E-state index contributed by atoms with van der Waals surface area (Å²) >= 11 is 0. The zero-order valence-electron chi connectivity index (χ0n) is 20.2. The lowest BCUT2D eigenvalue weighted by Gasteiger charge is -2.24. The highest BCUT2D eigenvalue weighted by atomic mass is 32.2. The van der Waals surface area contributed by atoms with Crippen molar-refractivity contribution in [2.24, 2.45) is 0 Å². The Hall–Kier alpha value is -3.92. The third kappa shape index (κ3) is 7.29. The zero-order valence-corrected chi connectivity index (χ0v) is 21.0. The number of hydrogen-bond donors (Lipinski definition) is 1. The molecule has 0 saturated carbocycles. The minimum Gasteiger partial charge on any atom is -0.491 e. The number of amides is 1. The van der Waals surface area contributed by atoms with E-state index in [1.165, 1.54) is 36.4 Å². The van der Waals surface area contributed by atoms with E-state index in [1.807, 2.05) is 38.1 Å². The monoisotopic (exact) mass is 511 g/mol. The van der Waals surface area contributed by atoms with Gasteiger partial charge in [-0.15, -0.1) is 0 Å². The third-order valence-electron chi connectivity index (χ3n) is 5.20. The van der Waals surface area contributed by atoms with E-state index < -0.39 is 27.4 Å². The number of sulfonamides is 1. The lowest BCUT2D eigenvalue weighted by molar-refractivity contribution is -0.384. The molecule has 0 atom stereocenters. The first-order chi connectivity index (χ1) is 17.2. The van der Waals surface area contributed by atoms with Crippen molar-refractivity contribution in [3.05, 3.63) is 94.5 Å². The van der Waals surface area contributed by atoms with E-state index in [1.54, 1.807) is 18.2 Å². The van der Waals surface area contributed by atoms with Gasteiger partial charge >= 0.3 is 0 Å². The highest BCUT2D eigenvalue weighted by Gasteiger charge is 2.27. The molecule has 0 aromatic heterocycles. The molecule has 1 N–H and O–H groups in total. The van der Waals surface area contributed by atoms with Crippen molar-refractivity contribution in [2.75, 3.05) is 17.4 Å². The SMILES string of the molecule is CC(C)Oc1cccc(CCCNC(=O)CN(c2ccc([N+](=O)[O-])cc2)S(=O)(=O)c2ccccc2)c1. The number of nitrogens with one attached hydrogen (secondary N) is 1. The number of benzene rings is 3. The van der Waals surface area contributed by atoms with Gasteiger partial charge in [-0.25, -0.2) is 8.42 Å². The fourth-order valence-corrected chi connectivity index (χ4v) is 4.97. The van der Waals surface area contributed by atoms with E-state index in [-0.39, 0.29) is 22.4 Å². The lowest BCUT2D eigenvalue weighted by atomic mass is 10.1. The summed E-state index contributed by atoms with van der Waals surface area (Å²) in [5.41, 5.74) is 1.05. The van der Waals surface area contributed by atoms with Crippen LogP contribution in [0.5, 0.6) is 5.75 Å². The summed E-state index contributed by atoms with van der Waals surface area (Å²) in [5.74, 6) is 0.307. The molecule has 0 aliphatic rings. The van der Waals surface area contributed by atoms with Crippen LogP contribution in [0.4, 0.5) is 11.4 Å². The molecule has 1 amide bonds. The van der Waals surface area contributed by atoms with Crippen LogP contribution in [0.15, 0.2) is 83.8 Å². The minimum absolute atomic E-state index is 0.0136. The van der Waals surface area contributed by atoms with Gasteiger partial charge < -0.3 is 10.1 Å². The molecule has 10 heteroatoms. The van der Waals surface area contributed by atoms with Crippen LogP contribution >= 0.6 is 0 Å². The zero-order chi connectivity index (χ0) is 26.1. The fourth-order valence-electron chi connectivity index (χ4n) is 3.53. The number of non-ortho nitro benzene ring substituents is 1. The Bertz CT molecular complexity index is 1280. The Morgan fingerprint density at radius 1 is 1.03 bits per heavy atom. The maximum absolute atomic E-state index is 13.3. The number of nitrogens with zero attached hydrogens (tertiary/aromatic N) is 2. The molecule has 0 saturated heterocycles. The van der Waals surface area contributed by atoms with E-state index in [2.05, 4.69) is 5.32 Å². The van der Waals surface area contributed by atoms with Crippen molar-refractivity contribution in [1.29, 1.82) is 0 Å². The van der Waals surface area contributed by atoms with Crippen molar-refractivity contribution in [3.63, 3.8) is 0 Å². The summed E-state index contributed by atoms with van der Waals surface area (Å²) < 4.78 is 33.3. The van der Waals surface area contributed by atoms with Gasteiger partial charge in [-0.1, -0.05) is 30.3 Å². The van der Waals surface area contributed by atoms with Crippen LogP contribution in [0.1, 0.15) is 25.8 Å². The Morgan fingerprint density at radius 2 is 1.72 bits per heavy atom. The second-order valence-corrected chi connectivity index (χ2v) is 10.2. The molecule has 0 unspecified atom stereocenters. The Kier molecular flexibility index (Phi) is 9.02. The molecular formula is C26H29N3O6S. The number of nitro groups is 1. The van der Waals surface area contributed by atoms with Crippen molar-refractivity contribution < 1.29 is 22.9 Å². The van der Waals surface area contributed by atoms with Crippen LogP contribution in [0.2, 0.25) is 0 Å². The molecule has 0 radical (unpaired) electrons. The summed E-state index contributed by atoms with van der Waals surface area (Å²) in [6.45, 7) is 3.81. The Morgan fingerprint density at radius 3 is 2.36 bits per heavy atom. The van der Waals surface area contributed by atoms with Gasteiger partial charge in [0.2, 0.25) is 5.91 Å². The molecule has 0 aliphatic heterocycles. The molecular weight excluding hydrogens is 482 g/mol. The molecule has 3 rings (SSSR count). The van der Waals surface area contributed by atoms with Crippen molar-refractivity contribution in [3.8, 4) is 5.75 Å². The van der Waals surface area contributed by atoms with Gasteiger partial charge in [0, 0.05) is 18.7 Å². The molecule has 0 heterocycles. The number of anilines is 1. The number of hydrogen-bond acceptors (Lipinski definition) is 6. The van der Waals surface area contributed by atoms with Crippen molar-refractivity contribution in [1.82, 2.24) is 5.32 Å². The standard InChI is InChI=1S/C26H29N3O6S/c1-20(2)35-24-10-6-8-21(18-24)9-7-17-27-26(30)19-28(22-13-15-23(16-14-22)29(31)32)36(33,34)25-11-4-3-5-12-25/h3-6,8,10-16,18,20H,7,9,17,19H2,1-2H3,(H,27,30). The highest BCUT2D eigenvalue weighted by molar-refractivity contribution is 7.92. The van der Waals surface area contributed by atoms with Crippen molar-refractivity contribution >= 4 is 27.3 Å². The first-order valence-electron chi connectivity index (χ1n) is 11.5. The normalized spacial score (nSPS) is 11.2. The van der Waals surface area contributed by atoms with Gasteiger partial charge in [0.05, 0.1) is 21.6 Å². The van der Waals surface area contributed by atoms with E-state index in [0.717, 1.165) is 15.6 Å². The van der Waals surface area contributed by atoms with Gasteiger partial charge in [-0.05, 0) is 68.7 Å². The van der Waals surface area contributed by atoms with E-state index >= 15 is 0 Å². The first kappa shape index (κ1) is 26.7. The number of carbonyl (C=O) groups excluding carboxylic acids is 1. The molecule has 0 bridgehead atoms. The summed E-state index contributed by atoms with van der Waals surface area (Å²) in [6, 6.07) is 20.5. The van der Waals surface area contributed by atoms with Crippen LogP contribution in [-0.2, 0) is 21.2 Å². The molecule has 3 aromatic carbocycles. The third-order valence-corrected chi connectivity index (χ3v) is 6.99. The molecule has 3 aromatic rings. The number of nitro benzene ring substituents is 1. The van der Waals surface area contributed by atoms with Gasteiger partial charge in [0.1, 0.15) is 12.3 Å². The van der Waals surface area contributed by atoms with E-state index in [0.29, 0.717) is 19.4 Å². The number of rotatable bonds is 12. The molecule has 0 spiro atoms. The van der Waals surface area contributed by atoms with E-state index in [9.17, 15) is 23.3 Å². The van der Waals surface area contributed by atoms with Crippen LogP contribution in [0, 0.1) is 10.1 Å². The fraction of sp³-hybridized carbons (Fsp3) is 0.269. The number of ether oxygens (including phenoxy) is 1. The van der Waals surface area contributed by atoms with Crippen LogP contribution < -0.4 is 14.4 Å². The second-order valence-electron chi connectivity index (χ2n) is 8.37. The highest BCUT2D eigenvalue weighted by Crippen LogP contribution is 2.25. The molecule has 0 aliphatic carbocycles. The molecule has 0 fully saturated rings. The average Bonchev–Trinajstić information content (AvgIpc) is 2.85. The summed E-state index contributed by atoms with van der Waals surface area (Å²) in [7, 11) is -4.08. The minimum atomic E-state index is -4.08. The average molecular weight is 512 g/mol. The van der Waals surface area contributed by atoms with Gasteiger partial charge in [0.25, 0.3) is 15.7 Å². The Balaban J connectivity index is 1.67. The van der Waals surface area contributed by atoms with Crippen molar-refractivity contribution in [2.45, 2.75) is 37.7 Å². The second kappa shape index (κ2) is 12.2. The smallest absolute Gasteiger partial charge is 0.269 e. The lowest BCUT2D eigenvalue weighted by Crippen LogP contribution is -2.41. The molecule has 36 heavy (non-hydrogen) atoms. The van der Waals surface area contributed by atoms with E-state index in [4.69, 9.17) is 4.74 Å². The first-order valence-corrected chi connectivity index (χ1v) is 13.0. The van der Waals surface area contributed by atoms with Crippen LogP contribution in [0.3, 0.4) is 0 Å². The quantitative estimate of drug-likeness (QED) is 0.220. The maximum atomic E-state index is 13.3. The number of aryl methyl sites for hydroxylation is 1. The van der Waals surface area contributed by atoms with Gasteiger partial charge in [-0.2, -0.15) is 0 Å². The largest absolute Gasteiger partial charge is 0.491 e. The van der Waals surface area contributed by atoms with Crippen LogP contribution in [0.25, 0.3) is 0 Å². The van der Waals surface area contributed by atoms with Gasteiger partial charge in [-0.3, -0.25) is 19.2 Å².